The highest BCUT2D eigenvalue weighted by atomic mass is 16.5. The second kappa shape index (κ2) is 8.76. The molecule has 2 fully saturated rings. The molecule has 7 heteroatoms. The number of amides is 1. The van der Waals surface area contributed by atoms with Crippen molar-refractivity contribution in [1.29, 1.82) is 0 Å². The third-order valence-corrected chi connectivity index (χ3v) is 7.77. The lowest BCUT2D eigenvalue weighted by Crippen LogP contribution is -2.30. The molecular formula is C30H29N5O2. The van der Waals surface area contributed by atoms with E-state index >= 15 is 0 Å². The predicted octanol–water partition coefficient (Wildman–Crippen LogP) is 5.51. The average molecular weight is 492 g/mol. The average Bonchev–Trinajstić information content (AvgIpc) is 3.33. The van der Waals surface area contributed by atoms with E-state index in [1.807, 2.05) is 18.3 Å². The third-order valence-electron chi connectivity index (χ3n) is 7.77. The molecule has 1 amide bonds. The number of methoxy groups -OCH3 is 1. The molecule has 37 heavy (non-hydrogen) atoms. The second-order valence-electron chi connectivity index (χ2n) is 10.3. The Morgan fingerprint density at radius 3 is 2.59 bits per heavy atom. The van der Waals surface area contributed by atoms with E-state index in [0.29, 0.717) is 17.7 Å². The summed E-state index contributed by atoms with van der Waals surface area (Å²) in [6, 6.07) is 21.0. The molecule has 1 N–H and O–H groups in total. The van der Waals surface area contributed by atoms with Crippen molar-refractivity contribution in [1.82, 2.24) is 24.4 Å². The highest BCUT2D eigenvalue weighted by Gasteiger charge is 2.37. The first-order valence-electron chi connectivity index (χ1n) is 13.0. The number of nitrogens with one attached hydrogen (secondary N) is 1. The van der Waals surface area contributed by atoms with Gasteiger partial charge < -0.3 is 19.2 Å². The number of likely N-dealkylation sites (tertiary alicyclic amines) is 1. The molecular weight excluding hydrogens is 462 g/mol. The first-order valence-corrected chi connectivity index (χ1v) is 13.0. The molecule has 1 aliphatic carbocycles. The zero-order valence-corrected chi connectivity index (χ0v) is 20.9. The lowest BCUT2D eigenvalue weighted by atomic mass is 10.0. The van der Waals surface area contributed by atoms with Crippen molar-refractivity contribution in [2.24, 2.45) is 11.8 Å². The molecule has 186 valence electrons. The molecule has 1 saturated heterocycles. The number of carbonyl (C=O) groups excluding carboxylic acids is 1. The van der Waals surface area contributed by atoms with Gasteiger partial charge in [-0.25, -0.2) is 4.98 Å². The van der Waals surface area contributed by atoms with Crippen LogP contribution in [-0.2, 0) is 11.3 Å². The molecule has 0 radical (unpaired) electrons. The Kier molecular flexibility index (Phi) is 5.23. The van der Waals surface area contributed by atoms with Crippen LogP contribution in [-0.4, -0.2) is 50.5 Å². The summed E-state index contributed by atoms with van der Waals surface area (Å²) < 4.78 is 7.64. The summed E-state index contributed by atoms with van der Waals surface area (Å²) in [6.45, 7) is 2.42. The van der Waals surface area contributed by atoms with E-state index in [2.05, 4.69) is 63.0 Å². The summed E-state index contributed by atoms with van der Waals surface area (Å²) in [5, 5.41) is 1.21. The minimum atomic E-state index is 0.269. The molecule has 1 aliphatic heterocycles. The van der Waals surface area contributed by atoms with E-state index in [9.17, 15) is 4.79 Å². The van der Waals surface area contributed by atoms with E-state index in [1.165, 1.54) is 10.9 Å². The fourth-order valence-electron chi connectivity index (χ4n) is 5.56. The highest BCUT2D eigenvalue weighted by Crippen LogP contribution is 2.34. The maximum absolute atomic E-state index is 12.6. The Balaban J connectivity index is 1.22. The molecule has 2 aliphatic rings. The zero-order chi connectivity index (χ0) is 24.9. The van der Waals surface area contributed by atoms with Gasteiger partial charge in [0.25, 0.3) is 0 Å². The van der Waals surface area contributed by atoms with E-state index in [4.69, 9.17) is 14.7 Å². The number of aromatic nitrogens is 4. The van der Waals surface area contributed by atoms with Crippen LogP contribution in [0, 0.1) is 11.8 Å². The van der Waals surface area contributed by atoms with Crippen molar-refractivity contribution in [3.63, 3.8) is 0 Å². The summed E-state index contributed by atoms with van der Waals surface area (Å²) in [6.07, 6.45) is 5.07. The molecule has 4 heterocycles. The number of rotatable bonds is 6. The van der Waals surface area contributed by atoms with Crippen LogP contribution in [0.1, 0.15) is 19.3 Å². The van der Waals surface area contributed by atoms with Crippen LogP contribution in [0.4, 0.5) is 0 Å². The molecule has 2 aromatic carbocycles. The Hall–Kier alpha value is -4.13. The number of benzene rings is 2. The summed E-state index contributed by atoms with van der Waals surface area (Å²) in [5.74, 6) is 2.46. The van der Waals surface area contributed by atoms with Crippen molar-refractivity contribution in [3.8, 4) is 28.4 Å². The number of H-pyrrole nitrogens is 1. The Morgan fingerprint density at radius 2 is 1.78 bits per heavy atom. The Morgan fingerprint density at radius 1 is 0.973 bits per heavy atom. The molecule has 0 spiro atoms. The summed E-state index contributed by atoms with van der Waals surface area (Å²) in [4.78, 5) is 27.7. The first kappa shape index (κ1) is 22.1. The second-order valence-corrected chi connectivity index (χ2v) is 10.3. The standard InChI is InChI=1S/C30H29N5O2/c1-37-27-11-10-25-29(33-27)35(18-19-13-15-34(17-19)30(36)23-7-8-23)28(32-25)22-5-2-20(3-6-22)24-9-4-21-12-14-31-26(21)16-24/h2-6,9-12,14,16,19,23,31H,7-8,13,15,17-18H2,1H3. The fourth-order valence-corrected chi connectivity index (χ4v) is 5.56. The number of carbonyl (C=O) groups is 1. The maximum atomic E-state index is 12.6. The van der Waals surface area contributed by atoms with E-state index < -0.39 is 0 Å². The number of imidazole rings is 1. The molecule has 0 bridgehead atoms. The monoisotopic (exact) mass is 491 g/mol. The van der Waals surface area contributed by atoms with Crippen LogP contribution >= 0.6 is 0 Å². The first-order chi connectivity index (χ1) is 18.2. The Bertz CT molecular complexity index is 1610. The molecule has 5 aromatic rings. The van der Waals surface area contributed by atoms with Gasteiger partial charge in [-0.1, -0.05) is 36.4 Å². The van der Waals surface area contributed by atoms with Crippen LogP contribution in [0.15, 0.2) is 66.9 Å². The van der Waals surface area contributed by atoms with E-state index in [1.54, 1.807) is 7.11 Å². The summed E-state index contributed by atoms with van der Waals surface area (Å²) >= 11 is 0. The van der Waals surface area contributed by atoms with Gasteiger partial charge in [0.1, 0.15) is 11.3 Å². The number of ether oxygens (including phenoxy) is 1. The van der Waals surface area contributed by atoms with Crippen LogP contribution < -0.4 is 4.74 Å². The molecule has 1 saturated carbocycles. The minimum Gasteiger partial charge on any atom is -0.481 e. The largest absolute Gasteiger partial charge is 0.481 e. The summed E-state index contributed by atoms with van der Waals surface area (Å²) in [7, 11) is 1.64. The number of hydrogen-bond acceptors (Lipinski definition) is 4. The highest BCUT2D eigenvalue weighted by molar-refractivity contribution is 5.85. The SMILES string of the molecule is COc1ccc2nc(-c3ccc(-c4ccc5cc[nH]c5c4)cc3)n(CC3CCN(C(=O)C4CC4)C3)c2n1. The molecule has 7 rings (SSSR count). The predicted molar refractivity (Wildman–Crippen MR) is 144 cm³/mol. The third kappa shape index (κ3) is 4.04. The Labute approximate surface area is 215 Å². The lowest BCUT2D eigenvalue weighted by Gasteiger charge is -2.17. The van der Waals surface area contributed by atoms with Gasteiger partial charge in [-0.15, -0.1) is 0 Å². The lowest BCUT2D eigenvalue weighted by molar-refractivity contribution is -0.131. The minimum absolute atomic E-state index is 0.269. The van der Waals surface area contributed by atoms with Crippen LogP contribution in [0.3, 0.4) is 0 Å². The van der Waals surface area contributed by atoms with Gasteiger partial charge in [0.05, 0.1) is 7.11 Å². The number of pyridine rings is 1. The quantitative estimate of drug-likeness (QED) is 0.340. The molecule has 1 atom stereocenters. The van der Waals surface area contributed by atoms with Crippen molar-refractivity contribution in [2.45, 2.75) is 25.8 Å². The normalized spacial score (nSPS) is 17.6. The molecule has 1 unspecified atom stereocenters. The zero-order valence-electron chi connectivity index (χ0n) is 20.9. The van der Waals surface area contributed by atoms with Crippen molar-refractivity contribution < 1.29 is 9.53 Å². The fraction of sp³-hybridized carbons (Fsp3) is 0.300. The maximum Gasteiger partial charge on any atom is 0.225 e. The molecule has 7 nitrogen and oxygen atoms in total. The van der Waals surface area contributed by atoms with Crippen molar-refractivity contribution in [3.05, 3.63) is 66.9 Å². The number of fused-ring (bicyclic) bond motifs is 2. The van der Waals surface area contributed by atoms with Crippen molar-refractivity contribution >= 4 is 28.0 Å². The number of aromatic amines is 1. The number of hydrogen-bond donors (Lipinski definition) is 1. The smallest absolute Gasteiger partial charge is 0.225 e. The van der Waals surface area contributed by atoms with Gasteiger partial charge in [-0.05, 0) is 59.9 Å². The van der Waals surface area contributed by atoms with Gasteiger partial charge in [-0.2, -0.15) is 4.98 Å². The summed E-state index contributed by atoms with van der Waals surface area (Å²) in [5.41, 5.74) is 6.18. The van der Waals surface area contributed by atoms with Gasteiger partial charge in [0.15, 0.2) is 5.65 Å². The van der Waals surface area contributed by atoms with Gasteiger partial charge in [0, 0.05) is 48.9 Å². The van der Waals surface area contributed by atoms with Crippen LogP contribution in [0.5, 0.6) is 5.88 Å². The number of nitrogens with zero attached hydrogens (tertiary/aromatic N) is 4. The van der Waals surface area contributed by atoms with E-state index in [-0.39, 0.29) is 5.92 Å². The van der Waals surface area contributed by atoms with Crippen LogP contribution in [0.2, 0.25) is 0 Å². The van der Waals surface area contributed by atoms with Crippen LogP contribution in [0.25, 0.3) is 44.6 Å². The topological polar surface area (TPSA) is 76.0 Å². The van der Waals surface area contributed by atoms with E-state index in [0.717, 1.165) is 72.5 Å². The van der Waals surface area contributed by atoms with Crippen molar-refractivity contribution in [2.75, 3.05) is 20.2 Å². The molecule has 3 aromatic heterocycles. The van der Waals surface area contributed by atoms with Gasteiger partial charge in [-0.3, -0.25) is 4.79 Å². The van der Waals surface area contributed by atoms with Gasteiger partial charge in [0.2, 0.25) is 11.8 Å². The van der Waals surface area contributed by atoms with Gasteiger partial charge >= 0.3 is 0 Å².